The van der Waals surface area contributed by atoms with Gasteiger partial charge in [-0.25, -0.2) is 0 Å². The highest BCUT2D eigenvalue weighted by molar-refractivity contribution is 5.79. The second-order valence-electron chi connectivity index (χ2n) is 8.23. The number of aliphatic hydroxyl groups excluding tert-OH is 1. The van der Waals surface area contributed by atoms with E-state index >= 15 is 0 Å². The number of carbonyl (C=O) groups is 1. The van der Waals surface area contributed by atoms with Crippen molar-refractivity contribution in [3.63, 3.8) is 0 Å². The van der Waals surface area contributed by atoms with E-state index in [1.807, 2.05) is 35.2 Å². The number of aliphatic hydroxyl groups is 1. The van der Waals surface area contributed by atoms with Crippen molar-refractivity contribution in [3.05, 3.63) is 60.2 Å². The second-order valence-corrected chi connectivity index (χ2v) is 8.23. The fraction of sp³-hybridized carbons (Fsp3) is 0.435. The Morgan fingerprint density at radius 3 is 2.59 bits per heavy atom. The molecule has 0 saturated carbocycles. The number of rotatable bonds is 4. The topological polar surface area (TPSA) is 49.8 Å². The van der Waals surface area contributed by atoms with Crippen molar-refractivity contribution in [3.8, 4) is 11.1 Å². The molecule has 2 aromatic rings. The van der Waals surface area contributed by atoms with Crippen LogP contribution in [0.25, 0.3) is 11.1 Å². The number of nitrogens with zero attached hydrogens (tertiary/aromatic N) is 1. The minimum absolute atomic E-state index is 0.162. The Kier molecular flexibility index (Phi) is 4.06. The monoisotopic (exact) mass is 363 g/mol. The Morgan fingerprint density at radius 2 is 1.85 bits per heavy atom. The predicted octanol–water partition coefficient (Wildman–Crippen LogP) is 2.89. The van der Waals surface area contributed by atoms with Gasteiger partial charge in [0.05, 0.1) is 24.7 Å². The standard InChI is InChI=1S/C23H25NO3/c25-14-19-20-13-24(15-23(20)11-10-21(19)27-23)22(26)12-16-6-8-18(9-7-16)17-4-2-1-3-5-17/h1-9,19-21,25H,10-15H2/t19-,20+,21+,23+/m0/s1. The molecule has 0 radical (unpaired) electrons. The van der Waals surface area contributed by atoms with Gasteiger partial charge in [-0.3, -0.25) is 4.79 Å². The zero-order chi connectivity index (χ0) is 18.4. The number of hydrogen-bond donors (Lipinski definition) is 1. The summed E-state index contributed by atoms with van der Waals surface area (Å²) in [7, 11) is 0. The smallest absolute Gasteiger partial charge is 0.227 e. The molecule has 2 bridgehead atoms. The third-order valence-corrected chi connectivity index (χ3v) is 6.76. The first-order chi connectivity index (χ1) is 13.2. The molecule has 0 aliphatic carbocycles. The van der Waals surface area contributed by atoms with Gasteiger partial charge in [-0.05, 0) is 29.5 Å². The lowest BCUT2D eigenvalue weighted by Crippen LogP contribution is -2.38. The maximum Gasteiger partial charge on any atom is 0.227 e. The van der Waals surface area contributed by atoms with Crippen molar-refractivity contribution in [2.75, 3.05) is 19.7 Å². The minimum atomic E-state index is -0.190. The third kappa shape index (κ3) is 2.79. The number of amides is 1. The molecule has 3 aliphatic heterocycles. The van der Waals surface area contributed by atoms with Crippen LogP contribution in [0.5, 0.6) is 0 Å². The van der Waals surface area contributed by atoms with Crippen molar-refractivity contribution in [1.82, 2.24) is 4.90 Å². The average molecular weight is 363 g/mol. The van der Waals surface area contributed by atoms with Crippen molar-refractivity contribution < 1.29 is 14.6 Å². The fourth-order valence-electron chi connectivity index (χ4n) is 5.36. The van der Waals surface area contributed by atoms with Gasteiger partial charge in [0.2, 0.25) is 5.91 Å². The molecule has 1 N–H and O–H groups in total. The van der Waals surface area contributed by atoms with Gasteiger partial charge in [0, 0.05) is 25.0 Å². The summed E-state index contributed by atoms with van der Waals surface area (Å²) in [6.45, 7) is 1.58. The number of hydrogen-bond acceptors (Lipinski definition) is 3. The summed E-state index contributed by atoms with van der Waals surface area (Å²) in [6, 6.07) is 18.5. The first-order valence-electron chi connectivity index (χ1n) is 9.89. The van der Waals surface area contributed by atoms with E-state index in [4.69, 9.17) is 4.74 Å². The van der Waals surface area contributed by atoms with E-state index < -0.39 is 0 Å². The summed E-state index contributed by atoms with van der Waals surface area (Å²) in [5, 5.41) is 9.73. The molecule has 140 valence electrons. The fourth-order valence-corrected chi connectivity index (χ4v) is 5.36. The molecule has 3 saturated heterocycles. The van der Waals surface area contributed by atoms with E-state index in [0.29, 0.717) is 18.9 Å². The molecule has 2 aromatic carbocycles. The molecule has 4 atom stereocenters. The summed E-state index contributed by atoms with van der Waals surface area (Å²) >= 11 is 0. The number of likely N-dealkylation sites (tertiary alicyclic amines) is 1. The average Bonchev–Trinajstić information content (AvgIpc) is 3.37. The number of carbonyl (C=O) groups excluding carboxylic acids is 1. The minimum Gasteiger partial charge on any atom is -0.396 e. The molecule has 1 spiro atoms. The van der Waals surface area contributed by atoms with Crippen LogP contribution in [0, 0.1) is 11.8 Å². The summed E-state index contributed by atoms with van der Waals surface area (Å²) in [5.41, 5.74) is 3.20. The van der Waals surface area contributed by atoms with Crippen molar-refractivity contribution in [1.29, 1.82) is 0 Å². The summed E-state index contributed by atoms with van der Waals surface area (Å²) < 4.78 is 6.23. The molecule has 4 nitrogen and oxygen atoms in total. The van der Waals surface area contributed by atoms with Gasteiger partial charge in [0.25, 0.3) is 0 Å². The van der Waals surface area contributed by atoms with Gasteiger partial charge in [-0.2, -0.15) is 0 Å². The summed E-state index contributed by atoms with van der Waals surface area (Å²) in [6.07, 6.45) is 2.66. The Hall–Kier alpha value is -2.17. The van der Waals surface area contributed by atoms with Crippen LogP contribution in [0.2, 0.25) is 0 Å². The molecule has 1 amide bonds. The zero-order valence-corrected chi connectivity index (χ0v) is 15.4. The molecular weight excluding hydrogens is 338 g/mol. The highest BCUT2D eigenvalue weighted by Gasteiger charge is 2.63. The zero-order valence-electron chi connectivity index (χ0n) is 15.4. The van der Waals surface area contributed by atoms with Crippen LogP contribution in [-0.4, -0.2) is 47.3 Å². The Labute approximate surface area is 159 Å². The van der Waals surface area contributed by atoms with Crippen LogP contribution in [-0.2, 0) is 16.0 Å². The lowest BCUT2D eigenvalue weighted by Gasteiger charge is -2.27. The first kappa shape index (κ1) is 17.0. The number of benzene rings is 2. The van der Waals surface area contributed by atoms with Gasteiger partial charge >= 0.3 is 0 Å². The molecule has 27 heavy (non-hydrogen) atoms. The first-order valence-corrected chi connectivity index (χ1v) is 9.89. The van der Waals surface area contributed by atoms with Crippen molar-refractivity contribution in [2.45, 2.75) is 31.0 Å². The number of ether oxygens (including phenoxy) is 1. The van der Waals surface area contributed by atoms with Crippen molar-refractivity contribution >= 4 is 5.91 Å². The van der Waals surface area contributed by atoms with Gasteiger partial charge < -0.3 is 14.7 Å². The van der Waals surface area contributed by atoms with Crippen LogP contribution in [0.1, 0.15) is 18.4 Å². The Balaban J connectivity index is 1.26. The van der Waals surface area contributed by atoms with E-state index in [9.17, 15) is 9.90 Å². The molecule has 3 heterocycles. The lowest BCUT2D eigenvalue weighted by molar-refractivity contribution is -0.131. The largest absolute Gasteiger partial charge is 0.396 e. The van der Waals surface area contributed by atoms with E-state index in [-0.39, 0.29) is 30.1 Å². The second kappa shape index (κ2) is 6.47. The Morgan fingerprint density at radius 1 is 1.11 bits per heavy atom. The van der Waals surface area contributed by atoms with E-state index in [1.165, 1.54) is 5.56 Å². The normalized spacial score (nSPS) is 31.3. The van der Waals surface area contributed by atoms with Crippen LogP contribution in [0.15, 0.2) is 54.6 Å². The van der Waals surface area contributed by atoms with E-state index in [2.05, 4.69) is 24.3 Å². The maximum atomic E-state index is 12.9. The Bertz CT molecular complexity index is 834. The molecule has 3 fully saturated rings. The summed E-state index contributed by atoms with van der Waals surface area (Å²) in [5.74, 6) is 0.655. The van der Waals surface area contributed by atoms with Gasteiger partial charge in [-0.15, -0.1) is 0 Å². The molecule has 0 aromatic heterocycles. The van der Waals surface area contributed by atoms with Crippen LogP contribution in [0.3, 0.4) is 0 Å². The highest BCUT2D eigenvalue weighted by Crippen LogP contribution is 2.54. The van der Waals surface area contributed by atoms with Crippen LogP contribution in [0.4, 0.5) is 0 Å². The maximum absolute atomic E-state index is 12.9. The quantitative estimate of drug-likeness (QED) is 0.909. The molecular formula is C23H25NO3. The van der Waals surface area contributed by atoms with Crippen LogP contribution < -0.4 is 0 Å². The van der Waals surface area contributed by atoms with Gasteiger partial charge in [0.1, 0.15) is 0 Å². The summed E-state index contributed by atoms with van der Waals surface area (Å²) in [4.78, 5) is 14.8. The van der Waals surface area contributed by atoms with Gasteiger partial charge in [-0.1, -0.05) is 54.6 Å². The molecule has 4 heteroatoms. The highest BCUT2D eigenvalue weighted by atomic mass is 16.5. The van der Waals surface area contributed by atoms with Crippen molar-refractivity contribution in [2.24, 2.45) is 11.8 Å². The SMILES string of the molecule is O=C(Cc1ccc(-c2ccccc2)cc1)N1C[C@@H]2[C@H](CO)[C@H]3CC[C@]2(C1)O3. The van der Waals surface area contributed by atoms with E-state index in [0.717, 1.165) is 30.5 Å². The lowest BCUT2D eigenvalue weighted by atomic mass is 9.74. The van der Waals surface area contributed by atoms with E-state index in [1.54, 1.807) is 0 Å². The molecule has 5 rings (SSSR count). The van der Waals surface area contributed by atoms with Crippen LogP contribution >= 0.6 is 0 Å². The predicted molar refractivity (Wildman–Crippen MR) is 103 cm³/mol. The number of fused-ring (bicyclic) bond motifs is 1. The van der Waals surface area contributed by atoms with Gasteiger partial charge in [0.15, 0.2) is 0 Å². The third-order valence-electron chi connectivity index (χ3n) is 6.76. The molecule has 0 unspecified atom stereocenters. The molecule has 3 aliphatic rings.